The quantitative estimate of drug-likeness (QED) is 0.184. The molecule has 0 spiro atoms. The number of hydrogen-bond acceptors (Lipinski definition) is 4. The van der Waals surface area contributed by atoms with Crippen LogP contribution in [0.15, 0.2) is 0 Å². The van der Waals surface area contributed by atoms with Gasteiger partial charge in [-0.15, -0.1) is 0 Å². The monoisotopic (exact) mass is 106 g/mol. The minimum Gasteiger partial charge on any atom is -0.450 e. The number of nitrogens with one attached hydrogen (secondary N) is 1. The van der Waals surface area contributed by atoms with Crippen molar-refractivity contribution in [3.63, 3.8) is 0 Å². The fraction of sp³-hybridized carbons (Fsp3) is 0.500. The van der Waals surface area contributed by atoms with Gasteiger partial charge < -0.3 is 9.84 Å². The highest BCUT2D eigenvalue weighted by Gasteiger charge is 1.89. The Bertz CT molecular complexity index is 64.0. The van der Waals surface area contributed by atoms with Crippen LogP contribution in [0.4, 0.5) is 4.79 Å². The lowest BCUT2D eigenvalue weighted by Gasteiger charge is -1.93. The summed E-state index contributed by atoms with van der Waals surface area (Å²) >= 11 is 0. The second kappa shape index (κ2) is 3.38. The molecular formula is C2H6N2O3. The van der Waals surface area contributed by atoms with Crippen LogP contribution in [0.5, 0.6) is 0 Å². The van der Waals surface area contributed by atoms with E-state index in [1.807, 2.05) is 5.43 Å². The van der Waals surface area contributed by atoms with Gasteiger partial charge in [0.15, 0.2) is 6.73 Å². The van der Waals surface area contributed by atoms with Gasteiger partial charge in [-0.2, -0.15) is 0 Å². The molecular weight excluding hydrogens is 100 g/mol. The van der Waals surface area contributed by atoms with Crippen LogP contribution in [0.1, 0.15) is 0 Å². The van der Waals surface area contributed by atoms with E-state index in [1.54, 1.807) is 0 Å². The number of ether oxygens (including phenoxy) is 1. The Labute approximate surface area is 40.0 Å². The Hall–Kier alpha value is -0.810. The smallest absolute Gasteiger partial charge is 0.450 e. The molecule has 0 heterocycles. The van der Waals surface area contributed by atoms with Crippen LogP contribution in [0, 0.1) is 0 Å². The molecule has 0 rings (SSSR count). The third kappa shape index (κ3) is 5.19. The van der Waals surface area contributed by atoms with E-state index < -0.39 is 6.16 Å². The minimum atomic E-state index is -1.34. The predicted molar refractivity (Wildman–Crippen MR) is 21.3 cm³/mol. The fourth-order valence-corrected chi connectivity index (χ4v) is 0.103. The Morgan fingerprint density at radius 3 is 2.71 bits per heavy atom. The average molecular weight is 106 g/mol. The van der Waals surface area contributed by atoms with Crippen molar-refractivity contribution >= 4 is 6.16 Å². The van der Waals surface area contributed by atoms with Crippen molar-refractivity contribution in [2.45, 2.75) is 0 Å². The maximum Gasteiger partial charge on any atom is 0.507 e. The summed E-state index contributed by atoms with van der Waals surface area (Å²) in [6.07, 6.45) is -1.34. The molecule has 0 aliphatic heterocycles. The average Bonchev–Trinajstić information content (AvgIpc) is 1.61. The molecule has 0 aromatic carbocycles. The van der Waals surface area contributed by atoms with Crippen molar-refractivity contribution in [1.29, 1.82) is 0 Å². The third-order valence-corrected chi connectivity index (χ3v) is 0.279. The molecule has 5 heteroatoms. The lowest BCUT2D eigenvalue weighted by molar-refractivity contribution is 0.0845. The molecule has 0 bridgehead atoms. The van der Waals surface area contributed by atoms with Crippen molar-refractivity contribution in [1.82, 2.24) is 5.43 Å². The van der Waals surface area contributed by atoms with E-state index in [0.29, 0.717) is 0 Å². The largest absolute Gasteiger partial charge is 0.507 e. The minimum absolute atomic E-state index is 0.171. The van der Waals surface area contributed by atoms with Crippen molar-refractivity contribution < 1.29 is 14.6 Å². The van der Waals surface area contributed by atoms with E-state index in [9.17, 15) is 4.79 Å². The number of hydrogen-bond donors (Lipinski definition) is 3. The van der Waals surface area contributed by atoms with Crippen LogP contribution in [0.25, 0.3) is 0 Å². The van der Waals surface area contributed by atoms with E-state index in [-0.39, 0.29) is 6.73 Å². The van der Waals surface area contributed by atoms with E-state index in [1.165, 1.54) is 0 Å². The molecule has 42 valence electrons. The van der Waals surface area contributed by atoms with Crippen molar-refractivity contribution in [3.05, 3.63) is 0 Å². The van der Waals surface area contributed by atoms with Gasteiger partial charge in [0.25, 0.3) is 0 Å². The van der Waals surface area contributed by atoms with Crippen molar-refractivity contribution in [2.24, 2.45) is 5.84 Å². The molecule has 5 nitrogen and oxygen atoms in total. The molecule has 0 saturated carbocycles. The summed E-state index contributed by atoms with van der Waals surface area (Å²) in [5.74, 6) is 4.64. The maximum absolute atomic E-state index is 9.44. The summed E-state index contributed by atoms with van der Waals surface area (Å²) in [4.78, 5) is 9.44. The van der Waals surface area contributed by atoms with Gasteiger partial charge >= 0.3 is 6.16 Å². The van der Waals surface area contributed by atoms with E-state index >= 15 is 0 Å². The molecule has 0 radical (unpaired) electrons. The maximum atomic E-state index is 9.44. The van der Waals surface area contributed by atoms with Crippen LogP contribution < -0.4 is 11.3 Å². The Balaban J connectivity index is 2.82. The summed E-state index contributed by atoms with van der Waals surface area (Å²) < 4.78 is 3.87. The molecule has 0 aromatic rings. The summed E-state index contributed by atoms with van der Waals surface area (Å²) in [6.45, 7) is -0.171. The summed E-state index contributed by atoms with van der Waals surface area (Å²) in [5.41, 5.74) is 2.00. The molecule has 7 heavy (non-hydrogen) atoms. The van der Waals surface area contributed by atoms with E-state index in [0.717, 1.165) is 0 Å². The standard InChI is InChI=1S/C2H6N2O3/c3-4-1-7-2(5)6/h4H,1,3H2,(H,5,6). The van der Waals surface area contributed by atoms with Gasteiger partial charge in [-0.1, -0.05) is 0 Å². The number of carbonyl (C=O) groups is 1. The van der Waals surface area contributed by atoms with Crippen molar-refractivity contribution in [3.8, 4) is 0 Å². The normalized spacial score (nSPS) is 8.14. The van der Waals surface area contributed by atoms with Gasteiger partial charge in [-0.3, -0.25) is 5.84 Å². The molecule has 0 aliphatic rings. The highest BCUT2D eigenvalue weighted by atomic mass is 16.7. The molecule has 0 aliphatic carbocycles. The van der Waals surface area contributed by atoms with Crippen LogP contribution in [0.3, 0.4) is 0 Å². The number of hydrazine groups is 1. The number of carboxylic acid groups (broad SMARTS) is 1. The summed E-state index contributed by atoms with van der Waals surface area (Å²) in [5, 5.41) is 7.73. The van der Waals surface area contributed by atoms with Gasteiger partial charge in [0, 0.05) is 0 Å². The first-order chi connectivity index (χ1) is 3.27. The Morgan fingerprint density at radius 1 is 2.00 bits per heavy atom. The number of rotatable bonds is 2. The van der Waals surface area contributed by atoms with E-state index in [4.69, 9.17) is 5.11 Å². The van der Waals surface area contributed by atoms with Gasteiger partial charge in [0.1, 0.15) is 0 Å². The molecule has 0 amide bonds. The fourth-order valence-electron chi connectivity index (χ4n) is 0.103. The van der Waals surface area contributed by atoms with Gasteiger partial charge in [-0.25, -0.2) is 10.2 Å². The molecule has 0 fully saturated rings. The Kier molecular flexibility index (Phi) is 2.99. The zero-order valence-corrected chi connectivity index (χ0v) is 3.55. The lowest BCUT2D eigenvalue weighted by Crippen LogP contribution is -2.26. The van der Waals surface area contributed by atoms with Crippen LogP contribution in [-0.2, 0) is 4.74 Å². The van der Waals surface area contributed by atoms with Gasteiger partial charge in [-0.05, 0) is 0 Å². The number of nitrogens with two attached hydrogens (primary N) is 1. The molecule has 0 saturated heterocycles. The predicted octanol–water partition coefficient (Wildman–Crippen LogP) is -0.898. The summed E-state index contributed by atoms with van der Waals surface area (Å²) in [7, 11) is 0. The van der Waals surface area contributed by atoms with Gasteiger partial charge in [0.05, 0.1) is 0 Å². The molecule has 4 N–H and O–H groups in total. The molecule has 0 atom stereocenters. The van der Waals surface area contributed by atoms with Crippen LogP contribution >= 0.6 is 0 Å². The van der Waals surface area contributed by atoms with Gasteiger partial charge in [0.2, 0.25) is 0 Å². The highest BCUT2D eigenvalue weighted by Crippen LogP contribution is 1.66. The zero-order valence-electron chi connectivity index (χ0n) is 3.55. The highest BCUT2D eigenvalue weighted by molar-refractivity contribution is 5.56. The lowest BCUT2D eigenvalue weighted by atomic mass is 11.2. The Morgan fingerprint density at radius 2 is 2.57 bits per heavy atom. The van der Waals surface area contributed by atoms with Crippen molar-refractivity contribution in [2.75, 3.05) is 6.73 Å². The first kappa shape index (κ1) is 6.19. The molecule has 0 unspecified atom stereocenters. The summed E-state index contributed by atoms with van der Waals surface area (Å²) in [6, 6.07) is 0. The topological polar surface area (TPSA) is 84.6 Å². The van der Waals surface area contributed by atoms with Crippen LogP contribution in [0.2, 0.25) is 0 Å². The first-order valence-electron chi connectivity index (χ1n) is 1.56. The molecule has 0 aromatic heterocycles. The van der Waals surface area contributed by atoms with E-state index in [2.05, 4.69) is 10.6 Å². The third-order valence-electron chi connectivity index (χ3n) is 0.279. The SMILES string of the molecule is NNCOC(=O)O. The second-order valence-electron chi connectivity index (χ2n) is 0.759. The zero-order chi connectivity index (χ0) is 5.70. The second-order valence-corrected chi connectivity index (χ2v) is 0.759. The van der Waals surface area contributed by atoms with Crippen LogP contribution in [-0.4, -0.2) is 18.0 Å². The first-order valence-corrected chi connectivity index (χ1v) is 1.56.